The standard InChI is InChI=1S/C8H13BrN4/c1-5-6(9)7-11-3-2-4-13(7)8(10)12-5/h5-6H,2-4H2,1H3,(H2,10,12)/t5-,6?/m1/s1. The molecule has 13 heavy (non-hydrogen) atoms. The van der Waals surface area contributed by atoms with Gasteiger partial charge in [-0.1, -0.05) is 15.9 Å². The summed E-state index contributed by atoms with van der Waals surface area (Å²) in [6.07, 6.45) is 1.06. The lowest BCUT2D eigenvalue weighted by Crippen LogP contribution is -2.54. The fraction of sp³-hybridized carbons (Fsp3) is 0.750. The summed E-state index contributed by atoms with van der Waals surface area (Å²) in [6.45, 7) is 3.90. The van der Waals surface area contributed by atoms with Gasteiger partial charge >= 0.3 is 0 Å². The summed E-state index contributed by atoms with van der Waals surface area (Å²) in [7, 11) is 0. The summed E-state index contributed by atoms with van der Waals surface area (Å²) in [6, 6.07) is 0.188. The van der Waals surface area contributed by atoms with Crippen LogP contribution < -0.4 is 5.73 Å². The maximum atomic E-state index is 5.82. The van der Waals surface area contributed by atoms with E-state index in [1.165, 1.54) is 0 Å². The van der Waals surface area contributed by atoms with Crippen LogP contribution in [0.1, 0.15) is 13.3 Å². The van der Waals surface area contributed by atoms with Gasteiger partial charge in [-0.15, -0.1) is 0 Å². The lowest BCUT2D eigenvalue weighted by molar-refractivity contribution is 0.502. The molecule has 0 aromatic carbocycles. The number of fused-ring (bicyclic) bond motifs is 1. The highest BCUT2D eigenvalue weighted by atomic mass is 79.9. The average molecular weight is 245 g/mol. The first-order valence-electron chi connectivity index (χ1n) is 4.49. The summed E-state index contributed by atoms with van der Waals surface area (Å²) in [5.74, 6) is 1.66. The Morgan fingerprint density at radius 3 is 3.15 bits per heavy atom. The Labute approximate surface area is 86.0 Å². The number of nitrogens with zero attached hydrogens (tertiary/aromatic N) is 3. The molecule has 2 heterocycles. The molecule has 2 N–H and O–H groups in total. The molecule has 2 rings (SSSR count). The number of alkyl halides is 1. The minimum absolute atomic E-state index is 0.188. The SMILES string of the molecule is C[C@H]1N=C(N)N2CCCN=C2C1Br. The molecule has 0 aromatic rings. The zero-order chi connectivity index (χ0) is 9.42. The van der Waals surface area contributed by atoms with Crippen molar-refractivity contribution >= 4 is 27.7 Å². The molecule has 0 aromatic heterocycles. The van der Waals surface area contributed by atoms with Crippen molar-refractivity contribution in [2.24, 2.45) is 15.7 Å². The molecule has 0 fully saturated rings. The van der Waals surface area contributed by atoms with Gasteiger partial charge in [-0.25, -0.2) is 4.99 Å². The smallest absolute Gasteiger partial charge is 0.197 e. The number of hydrogen-bond acceptors (Lipinski definition) is 4. The highest BCUT2D eigenvalue weighted by molar-refractivity contribution is 9.10. The van der Waals surface area contributed by atoms with Crippen LogP contribution in [0.5, 0.6) is 0 Å². The number of nitrogens with two attached hydrogens (primary N) is 1. The van der Waals surface area contributed by atoms with Crippen molar-refractivity contribution in [3.05, 3.63) is 0 Å². The van der Waals surface area contributed by atoms with Crippen molar-refractivity contribution < 1.29 is 0 Å². The maximum absolute atomic E-state index is 5.82. The van der Waals surface area contributed by atoms with Gasteiger partial charge in [0.25, 0.3) is 0 Å². The summed E-state index contributed by atoms with van der Waals surface area (Å²) in [5, 5.41) is 0. The summed E-state index contributed by atoms with van der Waals surface area (Å²) in [5.41, 5.74) is 5.82. The zero-order valence-electron chi connectivity index (χ0n) is 7.57. The van der Waals surface area contributed by atoms with Crippen LogP contribution >= 0.6 is 15.9 Å². The van der Waals surface area contributed by atoms with Crippen LogP contribution in [0.25, 0.3) is 0 Å². The van der Waals surface area contributed by atoms with Crippen LogP contribution in [0.3, 0.4) is 0 Å². The fourth-order valence-corrected chi connectivity index (χ4v) is 2.16. The first-order chi connectivity index (χ1) is 6.20. The second kappa shape index (κ2) is 3.29. The fourth-order valence-electron chi connectivity index (χ4n) is 1.65. The molecular formula is C8H13BrN4. The Balaban J connectivity index is 2.35. The van der Waals surface area contributed by atoms with E-state index in [0.717, 1.165) is 25.3 Å². The maximum Gasteiger partial charge on any atom is 0.197 e. The number of rotatable bonds is 0. The highest BCUT2D eigenvalue weighted by Gasteiger charge is 2.32. The van der Waals surface area contributed by atoms with E-state index in [9.17, 15) is 0 Å². The first-order valence-corrected chi connectivity index (χ1v) is 5.41. The van der Waals surface area contributed by atoms with Crippen molar-refractivity contribution in [3.63, 3.8) is 0 Å². The van der Waals surface area contributed by atoms with Gasteiger partial charge in [-0.3, -0.25) is 4.99 Å². The van der Waals surface area contributed by atoms with E-state index in [2.05, 4.69) is 25.9 Å². The normalized spacial score (nSPS) is 33.5. The molecule has 2 atom stereocenters. The third-order valence-corrected chi connectivity index (χ3v) is 3.55. The van der Waals surface area contributed by atoms with E-state index < -0.39 is 0 Å². The molecule has 72 valence electrons. The van der Waals surface area contributed by atoms with Gasteiger partial charge in [0.1, 0.15) is 5.84 Å². The third-order valence-electron chi connectivity index (χ3n) is 2.37. The lowest BCUT2D eigenvalue weighted by atomic mass is 10.1. The Hall–Kier alpha value is -0.580. The van der Waals surface area contributed by atoms with E-state index >= 15 is 0 Å². The van der Waals surface area contributed by atoms with Crippen LogP contribution in [0.15, 0.2) is 9.98 Å². The van der Waals surface area contributed by atoms with Gasteiger partial charge in [0.05, 0.1) is 10.9 Å². The van der Waals surface area contributed by atoms with Gasteiger partial charge < -0.3 is 10.6 Å². The predicted octanol–water partition coefficient (Wildman–Crippen LogP) is 0.571. The van der Waals surface area contributed by atoms with Crippen molar-refractivity contribution in [1.82, 2.24) is 4.90 Å². The van der Waals surface area contributed by atoms with Crippen LogP contribution in [0.4, 0.5) is 0 Å². The zero-order valence-corrected chi connectivity index (χ0v) is 9.16. The molecule has 0 radical (unpaired) electrons. The number of amidine groups is 1. The van der Waals surface area contributed by atoms with Crippen LogP contribution in [0.2, 0.25) is 0 Å². The molecule has 0 amide bonds. The Bertz CT molecular complexity index is 273. The van der Waals surface area contributed by atoms with Crippen LogP contribution in [0, 0.1) is 0 Å². The van der Waals surface area contributed by atoms with Gasteiger partial charge in [0, 0.05) is 13.1 Å². The predicted molar refractivity (Wildman–Crippen MR) is 57.4 cm³/mol. The van der Waals surface area contributed by atoms with Crippen molar-refractivity contribution in [1.29, 1.82) is 0 Å². The van der Waals surface area contributed by atoms with Crippen molar-refractivity contribution in [3.8, 4) is 0 Å². The average Bonchev–Trinajstić information content (AvgIpc) is 2.15. The number of guanidine groups is 1. The monoisotopic (exact) mass is 244 g/mol. The quantitative estimate of drug-likeness (QED) is 0.634. The second-order valence-corrected chi connectivity index (χ2v) is 4.36. The van der Waals surface area contributed by atoms with Gasteiger partial charge in [-0.05, 0) is 13.3 Å². The third kappa shape index (κ3) is 1.45. The summed E-state index contributed by atoms with van der Waals surface area (Å²) < 4.78 is 0. The largest absolute Gasteiger partial charge is 0.369 e. The molecule has 5 heteroatoms. The van der Waals surface area contributed by atoms with Gasteiger partial charge in [0.2, 0.25) is 0 Å². The van der Waals surface area contributed by atoms with E-state index in [1.807, 2.05) is 11.8 Å². The van der Waals surface area contributed by atoms with E-state index in [4.69, 9.17) is 5.73 Å². The molecule has 0 spiro atoms. The number of hydrogen-bond donors (Lipinski definition) is 1. The lowest BCUT2D eigenvalue weighted by Gasteiger charge is -2.36. The molecular weight excluding hydrogens is 232 g/mol. The first kappa shape index (κ1) is 8.99. The minimum atomic E-state index is 0.188. The molecule has 2 aliphatic heterocycles. The number of halogens is 1. The van der Waals surface area contributed by atoms with Crippen LogP contribution in [-0.4, -0.2) is 40.7 Å². The highest BCUT2D eigenvalue weighted by Crippen LogP contribution is 2.21. The van der Waals surface area contributed by atoms with Gasteiger partial charge in [0.15, 0.2) is 5.96 Å². The minimum Gasteiger partial charge on any atom is -0.369 e. The van der Waals surface area contributed by atoms with E-state index in [-0.39, 0.29) is 10.9 Å². The Morgan fingerprint density at radius 2 is 2.38 bits per heavy atom. The van der Waals surface area contributed by atoms with Gasteiger partial charge in [-0.2, -0.15) is 0 Å². The molecule has 2 aliphatic rings. The van der Waals surface area contributed by atoms with Crippen molar-refractivity contribution in [2.75, 3.05) is 13.1 Å². The van der Waals surface area contributed by atoms with Crippen molar-refractivity contribution in [2.45, 2.75) is 24.2 Å². The Morgan fingerprint density at radius 1 is 1.62 bits per heavy atom. The molecule has 0 saturated carbocycles. The summed E-state index contributed by atoms with van der Waals surface area (Å²) >= 11 is 3.59. The topological polar surface area (TPSA) is 54.0 Å². The second-order valence-electron chi connectivity index (χ2n) is 3.37. The summed E-state index contributed by atoms with van der Waals surface area (Å²) in [4.78, 5) is 11.0. The molecule has 4 nitrogen and oxygen atoms in total. The molecule has 0 saturated heterocycles. The number of aliphatic imine (C=N–C) groups is 2. The van der Waals surface area contributed by atoms with Crippen LogP contribution in [-0.2, 0) is 0 Å². The van der Waals surface area contributed by atoms with E-state index in [1.54, 1.807) is 0 Å². The Kier molecular flexibility index (Phi) is 2.27. The molecule has 0 aliphatic carbocycles. The molecule has 1 unspecified atom stereocenters. The van der Waals surface area contributed by atoms with E-state index in [0.29, 0.717) is 5.96 Å². The molecule has 0 bridgehead atoms.